The predicted octanol–water partition coefficient (Wildman–Crippen LogP) is 2.95. The van der Waals surface area contributed by atoms with Crippen LogP contribution in [0.25, 0.3) is 0 Å². The van der Waals surface area contributed by atoms with E-state index in [0.29, 0.717) is 4.99 Å². The Hall–Kier alpha value is -0.150. The van der Waals surface area contributed by atoms with E-state index in [1.807, 2.05) is 0 Å². The van der Waals surface area contributed by atoms with Gasteiger partial charge in [-0.15, -0.1) is 0 Å². The predicted molar refractivity (Wildman–Crippen MR) is 74.7 cm³/mol. The number of hydrogen-bond acceptors (Lipinski definition) is 2. The lowest BCUT2D eigenvalue weighted by Crippen LogP contribution is -2.47. The van der Waals surface area contributed by atoms with Crippen LogP contribution in [0.2, 0.25) is 0 Å². The molecule has 0 aromatic heterocycles. The average Bonchev–Trinajstić information content (AvgIpc) is 2.70. The van der Waals surface area contributed by atoms with Gasteiger partial charge in [-0.2, -0.15) is 0 Å². The van der Waals surface area contributed by atoms with Gasteiger partial charge in [0.15, 0.2) is 0 Å². The quantitative estimate of drug-likeness (QED) is 0.726. The highest BCUT2D eigenvalue weighted by Crippen LogP contribution is 2.25. The van der Waals surface area contributed by atoms with Crippen molar-refractivity contribution in [1.82, 2.24) is 4.90 Å². The fourth-order valence-electron chi connectivity index (χ4n) is 2.50. The van der Waals surface area contributed by atoms with Crippen molar-refractivity contribution in [3.8, 4) is 0 Å². The lowest BCUT2D eigenvalue weighted by molar-refractivity contribution is 0.171. The highest BCUT2D eigenvalue weighted by Gasteiger charge is 2.27. The van der Waals surface area contributed by atoms with E-state index in [2.05, 4.69) is 25.7 Å². The molecule has 0 heterocycles. The van der Waals surface area contributed by atoms with Crippen molar-refractivity contribution < 1.29 is 0 Å². The van der Waals surface area contributed by atoms with Gasteiger partial charge in [-0.05, 0) is 38.6 Å². The van der Waals surface area contributed by atoms with E-state index in [0.717, 1.165) is 18.5 Å². The summed E-state index contributed by atoms with van der Waals surface area (Å²) >= 11 is 5.15. The third kappa shape index (κ3) is 4.02. The first-order valence-corrected chi connectivity index (χ1v) is 6.98. The first-order chi connectivity index (χ1) is 7.52. The molecule has 1 aliphatic carbocycles. The minimum absolute atomic E-state index is 0.261. The Morgan fingerprint density at radius 2 is 1.88 bits per heavy atom. The lowest BCUT2D eigenvalue weighted by Gasteiger charge is -2.34. The maximum atomic E-state index is 5.80. The molecule has 1 aliphatic rings. The molecule has 0 radical (unpaired) electrons. The third-order valence-corrected chi connectivity index (χ3v) is 4.01. The van der Waals surface area contributed by atoms with Gasteiger partial charge in [0, 0.05) is 6.04 Å². The molecule has 2 nitrogen and oxygen atoms in total. The van der Waals surface area contributed by atoms with Crippen molar-refractivity contribution in [2.24, 2.45) is 11.7 Å². The summed E-state index contributed by atoms with van der Waals surface area (Å²) in [5.74, 6) is 0.752. The third-order valence-electron chi connectivity index (χ3n) is 3.67. The molecule has 0 bridgehead atoms. The summed E-state index contributed by atoms with van der Waals surface area (Å²) in [7, 11) is 0. The molecule has 1 atom stereocenters. The molecule has 3 heteroatoms. The standard InChI is InChI=1S/C13H26N2S/c1-10(2)8-9-15(11(3)13(14)16)12-6-4-5-7-12/h10-12H,4-9H2,1-3H3,(H2,14,16). The maximum Gasteiger partial charge on any atom is 0.0899 e. The molecule has 94 valence electrons. The van der Waals surface area contributed by atoms with Crippen LogP contribution < -0.4 is 5.73 Å². The summed E-state index contributed by atoms with van der Waals surface area (Å²) in [6.07, 6.45) is 6.62. The zero-order valence-electron chi connectivity index (χ0n) is 10.9. The van der Waals surface area contributed by atoms with Crippen LogP contribution >= 0.6 is 12.2 Å². The molecule has 1 fully saturated rings. The van der Waals surface area contributed by atoms with Gasteiger partial charge in [0.05, 0.1) is 11.0 Å². The Balaban J connectivity index is 2.56. The highest BCUT2D eigenvalue weighted by molar-refractivity contribution is 7.80. The zero-order chi connectivity index (χ0) is 12.1. The minimum Gasteiger partial charge on any atom is -0.392 e. The normalized spacial score (nSPS) is 19.6. The van der Waals surface area contributed by atoms with Gasteiger partial charge in [-0.1, -0.05) is 38.9 Å². The molecule has 16 heavy (non-hydrogen) atoms. The van der Waals surface area contributed by atoms with Gasteiger partial charge in [-0.25, -0.2) is 0 Å². The summed E-state index contributed by atoms with van der Waals surface area (Å²) in [6, 6.07) is 0.979. The summed E-state index contributed by atoms with van der Waals surface area (Å²) in [4.78, 5) is 3.19. The van der Waals surface area contributed by atoms with Crippen LogP contribution in [0, 0.1) is 5.92 Å². The van der Waals surface area contributed by atoms with Crippen LogP contribution in [-0.4, -0.2) is 28.5 Å². The van der Waals surface area contributed by atoms with E-state index in [9.17, 15) is 0 Å². The summed E-state index contributed by atoms with van der Waals surface area (Å²) < 4.78 is 0. The van der Waals surface area contributed by atoms with Crippen molar-refractivity contribution in [3.05, 3.63) is 0 Å². The second kappa shape index (κ2) is 6.55. The minimum atomic E-state index is 0.261. The summed E-state index contributed by atoms with van der Waals surface area (Å²) in [5, 5.41) is 0. The molecule has 1 unspecified atom stereocenters. The van der Waals surface area contributed by atoms with E-state index in [1.54, 1.807) is 0 Å². The second-order valence-electron chi connectivity index (χ2n) is 5.44. The van der Waals surface area contributed by atoms with E-state index < -0.39 is 0 Å². The fourth-order valence-corrected chi connectivity index (χ4v) is 2.63. The first-order valence-electron chi connectivity index (χ1n) is 6.57. The van der Waals surface area contributed by atoms with Gasteiger partial charge in [0.1, 0.15) is 0 Å². The summed E-state index contributed by atoms with van der Waals surface area (Å²) in [6.45, 7) is 7.85. The molecule has 2 N–H and O–H groups in total. The number of thiocarbonyl (C=S) groups is 1. The lowest BCUT2D eigenvalue weighted by atomic mass is 10.1. The topological polar surface area (TPSA) is 29.3 Å². The Morgan fingerprint density at radius 1 is 1.31 bits per heavy atom. The van der Waals surface area contributed by atoms with Crippen molar-refractivity contribution in [3.63, 3.8) is 0 Å². The maximum absolute atomic E-state index is 5.80. The van der Waals surface area contributed by atoms with Gasteiger partial charge < -0.3 is 5.73 Å². The van der Waals surface area contributed by atoms with Crippen LogP contribution in [0.15, 0.2) is 0 Å². The average molecular weight is 242 g/mol. The van der Waals surface area contributed by atoms with Crippen molar-refractivity contribution in [2.45, 2.75) is 65.0 Å². The second-order valence-corrected chi connectivity index (χ2v) is 5.91. The van der Waals surface area contributed by atoms with Crippen molar-refractivity contribution in [2.75, 3.05) is 6.54 Å². The SMILES string of the molecule is CC(C)CCN(C1CCCC1)C(C)C(N)=S. The van der Waals surface area contributed by atoms with Crippen LogP contribution in [0.5, 0.6) is 0 Å². The van der Waals surface area contributed by atoms with E-state index in [4.69, 9.17) is 18.0 Å². The van der Waals surface area contributed by atoms with E-state index >= 15 is 0 Å². The van der Waals surface area contributed by atoms with Gasteiger partial charge in [0.2, 0.25) is 0 Å². The van der Waals surface area contributed by atoms with Gasteiger partial charge in [0.25, 0.3) is 0 Å². The summed E-state index contributed by atoms with van der Waals surface area (Å²) in [5.41, 5.74) is 5.80. The number of rotatable bonds is 6. The first kappa shape index (κ1) is 13.9. The largest absolute Gasteiger partial charge is 0.392 e. The molecule has 0 aromatic carbocycles. The Morgan fingerprint density at radius 3 is 2.31 bits per heavy atom. The number of nitrogens with zero attached hydrogens (tertiary/aromatic N) is 1. The monoisotopic (exact) mass is 242 g/mol. The van der Waals surface area contributed by atoms with Crippen LogP contribution in [0.3, 0.4) is 0 Å². The Labute approximate surface area is 106 Å². The molecule has 1 rings (SSSR count). The molecule has 0 aromatic rings. The number of hydrogen-bond donors (Lipinski definition) is 1. The number of nitrogens with two attached hydrogens (primary N) is 1. The zero-order valence-corrected chi connectivity index (χ0v) is 11.7. The van der Waals surface area contributed by atoms with Crippen molar-refractivity contribution >= 4 is 17.2 Å². The van der Waals surface area contributed by atoms with Gasteiger partial charge in [-0.3, -0.25) is 4.90 Å². The van der Waals surface area contributed by atoms with E-state index in [1.165, 1.54) is 32.1 Å². The molecule has 1 saturated carbocycles. The van der Waals surface area contributed by atoms with Crippen LogP contribution in [0.1, 0.15) is 52.9 Å². The smallest absolute Gasteiger partial charge is 0.0899 e. The van der Waals surface area contributed by atoms with E-state index in [-0.39, 0.29) is 6.04 Å². The molecule has 0 saturated heterocycles. The Bertz CT molecular complexity index is 222. The molecular formula is C13H26N2S. The van der Waals surface area contributed by atoms with Crippen LogP contribution in [0.4, 0.5) is 0 Å². The van der Waals surface area contributed by atoms with Crippen molar-refractivity contribution in [1.29, 1.82) is 0 Å². The highest BCUT2D eigenvalue weighted by atomic mass is 32.1. The molecule has 0 aliphatic heterocycles. The molecule has 0 amide bonds. The Kier molecular flexibility index (Phi) is 5.70. The fraction of sp³-hybridized carbons (Fsp3) is 0.923. The molecular weight excluding hydrogens is 216 g/mol. The molecule has 0 spiro atoms. The van der Waals surface area contributed by atoms with Gasteiger partial charge >= 0.3 is 0 Å². The van der Waals surface area contributed by atoms with Crippen LogP contribution in [-0.2, 0) is 0 Å².